The molecule has 0 fully saturated rings. The predicted octanol–water partition coefficient (Wildman–Crippen LogP) is 0.773. The number of carbonyl (C=O) groups excluding carboxylic acids is 1. The maximum atomic E-state index is 11.2. The first-order chi connectivity index (χ1) is 7.22. The second-order valence-corrected chi connectivity index (χ2v) is 3.08. The average molecular weight is 209 g/mol. The summed E-state index contributed by atoms with van der Waals surface area (Å²) >= 11 is 0. The van der Waals surface area contributed by atoms with Gasteiger partial charge in [0.15, 0.2) is 0 Å². The van der Waals surface area contributed by atoms with Crippen LogP contribution in [-0.2, 0) is 0 Å². The van der Waals surface area contributed by atoms with Gasteiger partial charge in [-0.2, -0.15) is 0 Å². The van der Waals surface area contributed by atoms with Crippen LogP contribution >= 0.6 is 0 Å². The third-order valence-corrected chi connectivity index (χ3v) is 1.79. The smallest absolute Gasteiger partial charge is 0.319 e. The third-order valence-electron chi connectivity index (χ3n) is 1.79. The van der Waals surface area contributed by atoms with Gasteiger partial charge in [-0.1, -0.05) is 0 Å². The standard InChI is InChI=1S/C10H15N3O2/c11-8-2-4-9(5-3-8)13-10(15)12-6-1-7-14/h2-5,14H,1,6-7,11H2,(H2,12,13,15). The van der Waals surface area contributed by atoms with Crippen LogP contribution < -0.4 is 16.4 Å². The Kier molecular flexibility index (Phi) is 4.43. The van der Waals surface area contributed by atoms with E-state index in [4.69, 9.17) is 10.8 Å². The molecule has 2 amide bonds. The van der Waals surface area contributed by atoms with Crippen LogP contribution in [0.2, 0.25) is 0 Å². The maximum Gasteiger partial charge on any atom is 0.319 e. The molecule has 0 aliphatic carbocycles. The van der Waals surface area contributed by atoms with Crippen LogP contribution in [0.3, 0.4) is 0 Å². The van der Waals surface area contributed by atoms with Crippen molar-refractivity contribution in [2.24, 2.45) is 0 Å². The minimum absolute atomic E-state index is 0.0716. The summed E-state index contributed by atoms with van der Waals surface area (Å²) in [5.74, 6) is 0. The van der Waals surface area contributed by atoms with Crippen molar-refractivity contribution in [3.63, 3.8) is 0 Å². The first kappa shape index (κ1) is 11.3. The number of hydrogen-bond donors (Lipinski definition) is 4. The van der Waals surface area contributed by atoms with Crippen molar-refractivity contribution in [2.45, 2.75) is 6.42 Å². The molecule has 5 nitrogen and oxygen atoms in total. The Labute approximate surface area is 88.3 Å². The van der Waals surface area contributed by atoms with Gasteiger partial charge in [-0.15, -0.1) is 0 Å². The van der Waals surface area contributed by atoms with Crippen LogP contribution in [-0.4, -0.2) is 24.3 Å². The van der Waals surface area contributed by atoms with Gasteiger partial charge in [-0.3, -0.25) is 0 Å². The molecule has 0 unspecified atom stereocenters. The zero-order chi connectivity index (χ0) is 11.1. The summed E-state index contributed by atoms with van der Waals surface area (Å²) in [6, 6.07) is 6.59. The Morgan fingerprint density at radius 2 is 2.00 bits per heavy atom. The molecule has 0 bridgehead atoms. The van der Waals surface area contributed by atoms with Gasteiger partial charge in [0.25, 0.3) is 0 Å². The van der Waals surface area contributed by atoms with Crippen LogP contribution in [0.25, 0.3) is 0 Å². The number of aliphatic hydroxyl groups excluding tert-OH is 1. The molecule has 82 valence electrons. The van der Waals surface area contributed by atoms with Crippen molar-refractivity contribution in [1.29, 1.82) is 0 Å². The summed E-state index contributed by atoms with van der Waals surface area (Å²) in [6.07, 6.45) is 0.551. The molecule has 0 heterocycles. The van der Waals surface area contributed by atoms with Gasteiger partial charge < -0.3 is 21.5 Å². The van der Waals surface area contributed by atoms with E-state index in [9.17, 15) is 4.79 Å². The summed E-state index contributed by atoms with van der Waals surface area (Å²) in [6.45, 7) is 0.527. The van der Waals surface area contributed by atoms with E-state index in [0.29, 0.717) is 24.3 Å². The Morgan fingerprint density at radius 1 is 1.33 bits per heavy atom. The molecule has 0 aliphatic heterocycles. The molecule has 0 saturated heterocycles. The van der Waals surface area contributed by atoms with Gasteiger partial charge in [0.1, 0.15) is 0 Å². The summed E-state index contributed by atoms with van der Waals surface area (Å²) in [7, 11) is 0. The molecular weight excluding hydrogens is 194 g/mol. The zero-order valence-corrected chi connectivity index (χ0v) is 8.36. The van der Waals surface area contributed by atoms with Gasteiger partial charge in [0.05, 0.1) is 0 Å². The number of nitrogen functional groups attached to an aromatic ring is 1. The maximum absolute atomic E-state index is 11.2. The molecular formula is C10H15N3O2. The monoisotopic (exact) mass is 209 g/mol. The van der Waals surface area contributed by atoms with Crippen molar-refractivity contribution < 1.29 is 9.90 Å². The van der Waals surface area contributed by atoms with E-state index in [2.05, 4.69) is 10.6 Å². The van der Waals surface area contributed by atoms with E-state index in [-0.39, 0.29) is 12.6 Å². The lowest BCUT2D eigenvalue weighted by Crippen LogP contribution is -2.29. The molecule has 0 atom stereocenters. The molecule has 0 radical (unpaired) electrons. The number of amides is 2. The lowest BCUT2D eigenvalue weighted by atomic mass is 10.3. The third kappa shape index (κ3) is 4.33. The second kappa shape index (κ2) is 5.87. The van der Waals surface area contributed by atoms with Crippen LogP contribution in [0.15, 0.2) is 24.3 Å². The first-order valence-electron chi connectivity index (χ1n) is 4.73. The van der Waals surface area contributed by atoms with E-state index in [1.54, 1.807) is 24.3 Å². The van der Waals surface area contributed by atoms with Crippen molar-refractivity contribution in [1.82, 2.24) is 5.32 Å². The predicted molar refractivity (Wildman–Crippen MR) is 59.6 cm³/mol. The van der Waals surface area contributed by atoms with Crippen LogP contribution in [0.1, 0.15) is 6.42 Å². The number of carbonyl (C=O) groups is 1. The van der Waals surface area contributed by atoms with E-state index >= 15 is 0 Å². The van der Waals surface area contributed by atoms with Crippen molar-refractivity contribution in [3.05, 3.63) is 24.3 Å². The summed E-state index contributed by atoms with van der Waals surface area (Å²) in [5, 5.41) is 13.8. The molecule has 0 saturated carbocycles. The number of aliphatic hydroxyl groups is 1. The first-order valence-corrected chi connectivity index (χ1v) is 4.73. The highest BCUT2D eigenvalue weighted by atomic mass is 16.3. The van der Waals surface area contributed by atoms with Crippen molar-refractivity contribution in [3.8, 4) is 0 Å². The Hall–Kier alpha value is -1.75. The molecule has 1 aromatic rings. The Balaban J connectivity index is 2.34. The van der Waals surface area contributed by atoms with Gasteiger partial charge in [-0.25, -0.2) is 4.79 Å². The van der Waals surface area contributed by atoms with E-state index < -0.39 is 0 Å². The average Bonchev–Trinajstić information content (AvgIpc) is 2.22. The van der Waals surface area contributed by atoms with Crippen LogP contribution in [0, 0.1) is 0 Å². The molecule has 5 heteroatoms. The topological polar surface area (TPSA) is 87.4 Å². The molecule has 0 aromatic heterocycles. The fourth-order valence-corrected chi connectivity index (χ4v) is 1.02. The molecule has 0 spiro atoms. The lowest BCUT2D eigenvalue weighted by Gasteiger charge is -2.06. The number of urea groups is 1. The highest BCUT2D eigenvalue weighted by Crippen LogP contribution is 2.09. The SMILES string of the molecule is Nc1ccc(NC(=O)NCCCO)cc1. The minimum atomic E-state index is -0.284. The Morgan fingerprint density at radius 3 is 2.60 bits per heavy atom. The normalized spacial score (nSPS) is 9.67. The number of hydrogen-bond acceptors (Lipinski definition) is 3. The van der Waals surface area contributed by atoms with Gasteiger partial charge in [0.2, 0.25) is 0 Å². The number of rotatable bonds is 4. The van der Waals surface area contributed by atoms with Gasteiger partial charge in [0, 0.05) is 24.5 Å². The zero-order valence-electron chi connectivity index (χ0n) is 8.36. The van der Waals surface area contributed by atoms with Crippen molar-refractivity contribution >= 4 is 17.4 Å². The van der Waals surface area contributed by atoms with Crippen LogP contribution in [0.5, 0.6) is 0 Å². The van der Waals surface area contributed by atoms with E-state index in [0.717, 1.165) is 0 Å². The summed E-state index contributed by atoms with van der Waals surface area (Å²) in [5.41, 5.74) is 6.84. The van der Waals surface area contributed by atoms with Gasteiger partial charge in [-0.05, 0) is 30.7 Å². The molecule has 5 N–H and O–H groups in total. The number of nitrogens with two attached hydrogens (primary N) is 1. The fourth-order valence-electron chi connectivity index (χ4n) is 1.02. The second-order valence-electron chi connectivity index (χ2n) is 3.08. The summed E-state index contributed by atoms with van der Waals surface area (Å²) < 4.78 is 0. The molecule has 0 aliphatic rings. The molecule has 1 rings (SSSR count). The number of anilines is 2. The van der Waals surface area contributed by atoms with E-state index in [1.807, 2.05) is 0 Å². The molecule has 15 heavy (non-hydrogen) atoms. The minimum Gasteiger partial charge on any atom is -0.399 e. The highest BCUT2D eigenvalue weighted by Gasteiger charge is 1.99. The Bertz CT molecular complexity index is 311. The van der Waals surface area contributed by atoms with E-state index in [1.165, 1.54) is 0 Å². The highest BCUT2D eigenvalue weighted by molar-refractivity contribution is 5.89. The quantitative estimate of drug-likeness (QED) is 0.436. The van der Waals surface area contributed by atoms with Crippen LogP contribution in [0.4, 0.5) is 16.2 Å². The number of benzene rings is 1. The van der Waals surface area contributed by atoms with Gasteiger partial charge >= 0.3 is 6.03 Å². The lowest BCUT2D eigenvalue weighted by molar-refractivity contribution is 0.249. The molecule has 1 aromatic carbocycles. The summed E-state index contributed by atoms with van der Waals surface area (Å²) in [4.78, 5) is 11.2. The number of nitrogens with one attached hydrogen (secondary N) is 2. The fraction of sp³-hybridized carbons (Fsp3) is 0.300. The van der Waals surface area contributed by atoms with Crippen molar-refractivity contribution in [2.75, 3.05) is 24.2 Å². The largest absolute Gasteiger partial charge is 0.399 e.